The molecule has 0 saturated carbocycles. The largest absolute Gasteiger partial charge is 0.508 e. The second-order valence-corrected chi connectivity index (χ2v) is 7.04. The molecule has 0 aliphatic heterocycles. The average Bonchev–Trinajstić information content (AvgIpc) is 3.13. The lowest BCUT2D eigenvalue weighted by Crippen LogP contribution is -2.45. The molecule has 3 rings (SSSR count). The van der Waals surface area contributed by atoms with Gasteiger partial charge in [-0.15, -0.1) is 0 Å². The number of carbonyl (C=O) groups is 1. The lowest BCUT2D eigenvalue weighted by atomic mass is 9.87. The smallest absolute Gasteiger partial charge is 0.221 e. The van der Waals surface area contributed by atoms with Crippen molar-refractivity contribution in [3.8, 4) is 11.8 Å². The SMILES string of the molecule is Cn1cncc1C(C)(NC(=O)CCc1cccc(O)c1)c1ccc(C#N)c(F)c1. The Labute approximate surface area is 168 Å². The van der Waals surface area contributed by atoms with Gasteiger partial charge in [-0.05, 0) is 48.7 Å². The number of imidazole rings is 1. The molecule has 1 unspecified atom stereocenters. The number of aryl methyl sites for hydroxylation is 2. The van der Waals surface area contributed by atoms with Crippen LogP contribution in [0.5, 0.6) is 5.75 Å². The quantitative estimate of drug-likeness (QED) is 0.674. The van der Waals surface area contributed by atoms with E-state index < -0.39 is 11.4 Å². The normalized spacial score (nSPS) is 12.8. The summed E-state index contributed by atoms with van der Waals surface area (Å²) in [5.41, 5.74) is 0.912. The fraction of sp³-hybridized carbons (Fsp3) is 0.227. The summed E-state index contributed by atoms with van der Waals surface area (Å²) in [6.07, 6.45) is 3.86. The number of halogens is 1. The molecule has 0 bridgehead atoms. The number of aromatic hydroxyl groups is 1. The Hall–Kier alpha value is -3.66. The Balaban J connectivity index is 1.88. The highest BCUT2D eigenvalue weighted by Gasteiger charge is 2.34. The number of amides is 1. The Morgan fingerprint density at radius 2 is 2.14 bits per heavy atom. The van der Waals surface area contributed by atoms with E-state index in [0.717, 1.165) is 5.56 Å². The third kappa shape index (κ3) is 4.27. The first-order valence-electron chi connectivity index (χ1n) is 9.09. The highest BCUT2D eigenvalue weighted by atomic mass is 19.1. The predicted molar refractivity (Wildman–Crippen MR) is 105 cm³/mol. The van der Waals surface area contributed by atoms with Crippen molar-refractivity contribution in [3.63, 3.8) is 0 Å². The number of phenolic OH excluding ortho intramolecular Hbond substituents is 1. The van der Waals surface area contributed by atoms with Crippen molar-refractivity contribution in [1.82, 2.24) is 14.9 Å². The fourth-order valence-corrected chi connectivity index (χ4v) is 3.35. The molecule has 1 atom stereocenters. The summed E-state index contributed by atoms with van der Waals surface area (Å²) in [6, 6.07) is 12.8. The zero-order chi connectivity index (χ0) is 21.0. The molecule has 0 aliphatic rings. The summed E-state index contributed by atoms with van der Waals surface area (Å²) in [6.45, 7) is 1.77. The predicted octanol–water partition coefficient (Wildman–Crippen LogP) is 3.15. The molecule has 2 aromatic carbocycles. The van der Waals surface area contributed by atoms with E-state index in [1.54, 1.807) is 61.4 Å². The van der Waals surface area contributed by atoms with Crippen molar-refractivity contribution in [1.29, 1.82) is 5.26 Å². The second kappa shape index (κ2) is 8.15. The van der Waals surface area contributed by atoms with Gasteiger partial charge in [0.2, 0.25) is 5.91 Å². The van der Waals surface area contributed by atoms with E-state index in [9.17, 15) is 14.3 Å². The third-order valence-electron chi connectivity index (χ3n) is 4.94. The Morgan fingerprint density at radius 1 is 1.34 bits per heavy atom. The minimum atomic E-state index is -1.05. The highest BCUT2D eigenvalue weighted by Crippen LogP contribution is 2.30. The maximum Gasteiger partial charge on any atom is 0.221 e. The number of phenols is 1. The zero-order valence-corrected chi connectivity index (χ0v) is 16.2. The van der Waals surface area contributed by atoms with E-state index in [2.05, 4.69) is 10.3 Å². The Kier molecular flexibility index (Phi) is 5.64. The molecule has 29 heavy (non-hydrogen) atoms. The molecule has 0 aliphatic carbocycles. The Bertz CT molecular complexity index is 1090. The van der Waals surface area contributed by atoms with Crippen molar-refractivity contribution in [2.75, 3.05) is 0 Å². The van der Waals surface area contributed by atoms with Crippen LogP contribution in [0.15, 0.2) is 55.0 Å². The number of nitrogens with zero attached hydrogens (tertiary/aromatic N) is 3. The fourth-order valence-electron chi connectivity index (χ4n) is 3.35. The van der Waals surface area contributed by atoms with E-state index in [1.807, 2.05) is 6.07 Å². The van der Waals surface area contributed by atoms with Crippen LogP contribution in [0.3, 0.4) is 0 Å². The van der Waals surface area contributed by atoms with Crippen molar-refractivity contribution >= 4 is 5.91 Å². The molecule has 0 fully saturated rings. The number of rotatable bonds is 6. The maximum absolute atomic E-state index is 14.3. The number of carbonyl (C=O) groups excluding carboxylic acids is 1. The van der Waals surface area contributed by atoms with Gasteiger partial charge >= 0.3 is 0 Å². The van der Waals surface area contributed by atoms with Crippen LogP contribution in [0.1, 0.15) is 35.7 Å². The summed E-state index contributed by atoms with van der Waals surface area (Å²) in [7, 11) is 1.79. The molecular formula is C22H21FN4O2. The standard InChI is InChI=1S/C22H21FN4O2/c1-22(20-13-25-14-27(20)2,17-8-7-16(12-24)19(23)11-17)26-21(29)9-6-15-4-3-5-18(28)10-15/h3-5,7-8,10-11,13-14,28H,6,9H2,1-2H3,(H,26,29). The van der Waals surface area contributed by atoms with Crippen LogP contribution in [0.2, 0.25) is 0 Å². The molecule has 2 N–H and O–H groups in total. The monoisotopic (exact) mass is 392 g/mol. The highest BCUT2D eigenvalue weighted by molar-refractivity contribution is 5.78. The van der Waals surface area contributed by atoms with Gasteiger partial charge < -0.3 is 15.0 Å². The molecule has 1 amide bonds. The van der Waals surface area contributed by atoms with Gasteiger partial charge in [-0.25, -0.2) is 9.37 Å². The summed E-state index contributed by atoms with van der Waals surface area (Å²) >= 11 is 0. The van der Waals surface area contributed by atoms with E-state index in [4.69, 9.17) is 5.26 Å². The molecule has 7 heteroatoms. The van der Waals surface area contributed by atoms with Crippen LogP contribution < -0.4 is 5.32 Å². The summed E-state index contributed by atoms with van der Waals surface area (Å²) in [4.78, 5) is 16.9. The van der Waals surface area contributed by atoms with Gasteiger partial charge in [0.1, 0.15) is 23.2 Å². The molecule has 3 aromatic rings. The van der Waals surface area contributed by atoms with E-state index in [-0.39, 0.29) is 23.6 Å². The lowest BCUT2D eigenvalue weighted by molar-refractivity contribution is -0.122. The first kappa shape index (κ1) is 20.1. The summed E-state index contributed by atoms with van der Waals surface area (Å²) in [5.74, 6) is -0.732. The molecule has 148 valence electrons. The molecule has 0 saturated heterocycles. The molecule has 0 radical (unpaired) electrons. The minimum absolute atomic E-state index is 0.0590. The number of nitriles is 1. The Morgan fingerprint density at radius 3 is 2.76 bits per heavy atom. The summed E-state index contributed by atoms with van der Waals surface area (Å²) < 4.78 is 16.0. The van der Waals surface area contributed by atoms with Crippen molar-refractivity contribution in [2.45, 2.75) is 25.3 Å². The van der Waals surface area contributed by atoms with Gasteiger partial charge in [-0.1, -0.05) is 18.2 Å². The van der Waals surface area contributed by atoms with Gasteiger partial charge in [0.15, 0.2) is 0 Å². The van der Waals surface area contributed by atoms with Crippen LogP contribution >= 0.6 is 0 Å². The van der Waals surface area contributed by atoms with Gasteiger partial charge in [-0.2, -0.15) is 5.26 Å². The molecule has 1 aromatic heterocycles. The number of hydrogen-bond donors (Lipinski definition) is 2. The average molecular weight is 392 g/mol. The first-order chi connectivity index (χ1) is 13.8. The van der Waals surface area contributed by atoms with Crippen LogP contribution in [0.4, 0.5) is 4.39 Å². The number of nitrogens with one attached hydrogen (secondary N) is 1. The number of benzene rings is 2. The summed E-state index contributed by atoms with van der Waals surface area (Å²) in [5, 5.41) is 21.6. The second-order valence-electron chi connectivity index (χ2n) is 7.04. The first-order valence-corrected chi connectivity index (χ1v) is 9.09. The van der Waals surface area contributed by atoms with Crippen LogP contribution in [0, 0.1) is 17.1 Å². The molecule has 1 heterocycles. The van der Waals surface area contributed by atoms with Crippen LogP contribution in [0.25, 0.3) is 0 Å². The van der Waals surface area contributed by atoms with Crippen LogP contribution in [-0.4, -0.2) is 20.6 Å². The van der Waals surface area contributed by atoms with E-state index in [0.29, 0.717) is 17.7 Å². The van der Waals surface area contributed by atoms with Crippen molar-refractivity contribution in [2.24, 2.45) is 7.05 Å². The number of hydrogen-bond acceptors (Lipinski definition) is 4. The van der Waals surface area contributed by atoms with Gasteiger partial charge in [0.05, 0.1) is 23.8 Å². The third-order valence-corrected chi connectivity index (χ3v) is 4.94. The maximum atomic E-state index is 14.3. The lowest BCUT2D eigenvalue weighted by Gasteiger charge is -2.32. The minimum Gasteiger partial charge on any atom is -0.508 e. The van der Waals surface area contributed by atoms with Gasteiger partial charge in [-0.3, -0.25) is 4.79 Å². The van der Waals surface area contributed by atoms with E-state index in [1.165, 1.54) is 12.1 Å². The number of aromatic nitrogens is 2. The van der Waals surface area contributed by atoms with Crippen molar-refractivity contribution < 1.29 is 14.3 Å². The molecular weight excluding hydrogens is 371 g/mol. The molecule has 0 spiro atoms. The van der Waals surface area contributed by atoms with Crippen molar-refractivity contribution in [3.05, 3.63) is 83.2 Å². The van der Waals surface area contributed by atoms with Gasteiger partial charge in [0.25, 0.3) is 0 Å². The van der Waals surface area contributed by atoms with E-state index >= 15 is 0 Å². The van der Waals surface area contributed by atoms with Gasteiger partial charge in [0, 0.05) is 13.5 Å². The molecule has 6 nitrogen and oxygen atoms in total. The van der Waals surface area contributed by atoms with Crippen LogP contribution in [-0.2, 0) is 23.8 Å². The zero-order valence-electron chi connectivity index (χ0n) is 16.2. The topological polar surface area (TPSA) is 90.9 Å².